The first kappa shape index (κ1) is 19.2. The molecule has 0 amide bonds. The van der Waals surface area contributed by atoms with Crippen molar-refractivity contribution < 1.29 is 26.0 Å². The molecule has 0 aliphatic carbocycles. The molecule has 0 bridgehead atoms. The van der Waals surface area contributed by atoms with E-state index in [9.17, 15) is 26.0 Å². The zero-order valence-electron chi connectivity index (χ0n) is 13.8. The number of hydrogen-bond acceptors (Lipinski definition) is 5. The van der Waals surface area contributed by atoms with E-state index in [-0.39, 0.29) is 9.95 Å². The molecule has 0 saturated carbocycles. The van der Waals surface area contributed by atoms with Crippen molar-refractivity contribution >= 4 is 15.7 Å². The summed E-state index contributed by atoms with van der Waals surface area (Å²) in [6.07, 6.45) is -2.57. The minimum absolute atomic E-state index is 0.116. The van der Waals surface area contributed by atoms with Gasteiger partial charge >= 0.3 is 6.18 Å². The van der Waals surface area contributed by atoms with Gasteiger partial charge < -0.3 is 0 Å². The van der Waals surface area contributed by atoms with Crippen LogP contribution in [-0.4, -0.2) is 45.0 Å². The third-order valence-electron chi connectivity index (χ3n) is 3.83. The molecular weight excluding hydrogens is 390 g/mol. The van der Waals surface area contributed by atoms with Crippen molar-refractivity contribution in [3.63, 3.8) is 0 Å². The highest BCUT2D eigenvalue weighted by Gasteiger charge is 2.49. The molecule has 0 aliphatic heterocycles. The first-order valence-electron chi connectivity index (χ1n) is 7.64. The summed E-state index contributed by atoms with van der Waals surface area (Å²) in [6.45, 7) is 0.791. The van der Waals surface area contributed by atoms with Crippen LogP contribution in [0.25, 0.3) is 5.65 Å². The van der Waals surface area contributed by atoms with E-state index in [2.05, 4.69) is 15.2 Å². The van der Waals surface area contributed by atoms with Gasteiger partial charge in [0.15, 0.2) is 10.7 Å². The Balaban J connectivity index is 2.11. The molecule has 1 atom stereocenters. The number of aromatic nitrogens is 4. The third-order valence-corrected chi connectivity index (χ3v) is 5.67. The van der Waals surface area contributed by atoms with Crippen LogP contribution in [-0.2, 0) is 10.0 Å². The van der Waals surface area contributed by atoms with Crippen LogP contribution in [0.1, 0.15) is 18.5 Å². The smallest absolute Gasteiger partial charge is 0.272 e. The summed E-state index contributed by atoms with van der Waals surface area (Å²) >= 11 is 0. The molecule has 0 saturated heterocycles. The lowest BCUT2D eigenvalue weighted by molar-refractivity contribution is -0.173. The fourth-order valence-corrected chi connectivity index (χ4v) is 4.16. The van der Waals surface area contributed by atoms with Crippen LogP contribution >= 0.6 is 0 Å². The van der Waals surface area contributed by atoms with Crippen LogP contribution in [0.4, 0.5) is 17.6 Å². The molecule has 0 unspecified atom stereocenters. The summed E-state index contributed by atoms with van der Waals surface area (Å²) in [5.74, 6) is -0.732. The minimum atomic E-state index is -4.93. The molecule has 2 aromatic heterocycles. The molecule has 0 aliphatic rings. The van der Waals surface area contributed by atoms with Crippen LogP contribution in [0.15, 0.2) is 48.0 Å². The number of fused-ring (bicyclic) bond motifs is 1. The molecule has 1 aromatic carbocycles. The number of halogens is 4. The summed E-state index contributed by atoms with van der Waals surface area (Å²) in [6, 6.07) is 2.03. The van der Waals surface area contributed by atoms with Gasteiger partial charge in [0, 0.05) is 12.6 Å². The molecule has 144 valence electrons. The predicted molar refractivity (Wildman–Crippen MR) is 85.5 cm³/mol. The maximum absolute atomic E-state index is 13.7. The summed E-state index contributed by atoms with van der Waals surface area (Å²) in [4.78, 5) is 3.72. The van der Waals surface area contributed by atoms with E-state index in [1.54, 1.807) is 0 Å². The zero-order valence-corrected chi connectivity index (χ0v) is 14.6. The van der Waals surface area contributed by atoms with Gasteiger partial charge in [-0.15, -0.1) is 10.2 Å². The van der Waals surface area contributed by atoms with Gasteiger partial charge in [0.05, 0.1) is 0 Å². The van der Waals surface area contributed by atoms with Crippen molar-refractivity contribution in [2.75, 3.05) is 6.54 Å². The van der Waals surface area contributed by atoms with Crippen molar-refractivity contribution in [2.45, 2.75) is 24.2 Å². The van der Waals surface area contributed by atoms with E-state index in [4.69, 9.17) is 0 Å². The van der Waals surface area contributed by atoms with Crippen molar-refractivity contribution in [1.82, 2.24) is 23.9 Å². The summed E-state index contributed by atoms with van der Waals surface area (Å²) in [5.41, 5.74) is -0.289. The third kappa shape index (κ3) is 3.62. The van der Waals surface area contributed by atoms with Crippen LogP contribution in [0.5, 0.6) is 0 Å². The minimum Gasteiger partial charge on any atom is -0.272 e. The van der Waals surface area contributed by atoms with Crippen molar-refractivity contribution in [3.8, 4) is 0 Å². The molecule has 27 heavy (non-hydrogen) atoms. The SMILES string of the molecule is CCN([C@H](c1ccc(F)cc1)C(F)(F)F)S(=O)(=O)c1cc2nncn2cn1. The number of benzene rings is 1. The molecule has 0 radical (unpaired) electrons. The van der Waals surface area contributed by atoms with Crippen LogP contribution in [0, 0.1) is 5.82 Å². The lowest BCUT2D eigenvalue weighted by atomic mass is 10.1. The first-order valence-corrected chi connectivity index (χ1v) is 9.08. The van der Waals surface area contributed by atoms with Gasteiger partial charge in [-0.05, 0) is 17.7 Å². The zero-order chi connectivity index (χ0) is 19.8. The predicted octanol–water partition coefficient (Wildman–Crippen LogP) is 2.58. The van der Waals surface area contributed by atoms with Gasteiger partial charge in [0.25, 0.3) is 10.0 Å². The quantitative estimate of drug-likeness (QED) is 0.483. The normalized spacial score (nSPS) is 14.0. The average Bonchev–Trinajstić information content (AvgIpc) is 3.07. The number of sulfonamides is 1. The van der Waals surface area contributed by atoms with E-state index in [0.717, 1.165) is 36.7 Å². The molecule has 3 aromatic rings. The standard InChI is InChI=1S/C15H13F4N5O2S/c1-2-24(14(15(17,18)19)10-3-5-11(16)6-4-10)27(25,26)13-7-12-22-21-9-23(12)8-20-13/h3-9,14H,2H2,1H3/t14-/m1/s1. The Morgan fingerprint density at radius 3 is 2.44 bits per heavy atom. The van der Waals surface area contributed by atoms with E-state index < -0.39 is 45.2 Å². The number of rotatable bonds is 5. The van der Waals surface area contributed by atoms with E-state index in [1.807, 2.05) is 0 Å². The number of nitrogens with zero attached hydrogens (tertiary/aromatic N) is 5. The molecule has 0 N–H and O–H groups in total. The van der Waals surface area contributed by atoms with Gasteiger partial charge in [0.2, 0.25) is 0 Å². The Morgan fingerprint density at radius 1 is 1.19 bits per heavy atom. The highest BCUT2D eigenvalue weighted by Crippen LogP contribution is 2.40. The Bertz CT molecular complexity index is 1050. The maximum Gasteiger partial charge on any atom is 0.409 e. The van der Waals surface area contributed by atoms with Crippen molar-refractivity contribution in [2.24, 2.45) is 0 Å². The molecule has 12 heteroatoms. The molecule has 0 spiro atoms. The second-order valence-electron chi connectivity index (χ2n) is 5.53. The largest absolute Gasteiger partial charge is 0.409 e. The van der Waals surface area contributed by atoms with Gasteiger partial charge in [-0.3, -0.25) is 4.40 Å². The molecular formula is C15H13F4N5O2S. The lowest BCUT2D eigenvalue weighted by Gasteiger charge is -2.31. The number of hydrogen-bond donors (Lipinski definition) is 0. The van der Waals surface area contributed by atoms with Gasteiger partial charge in [-0.25, -0.2) is 17.8 Å². The van der Waals surface area contributed by atoms with Crippen LogP contribution < -0.4 is 0 Å². The highest BCUT2D eigenvalue weighted by molar-refractivity contribution is 7.89. The fourth-order valence-electron chi connectivity index (χ4n) is 2.63. The van der Waals surface area contributed by atoms with E-state index in [1.165, 1.54) is 17.7 Å². The summed E-state index contributed by atoms with van der Waals surface area (Å²) < 4.78 is 81.7. The van der Waals surface area contributed by atoms with Crippen molar-refractivity contribution in [3.05, 3.63) is 54.4 Å². The van der Waals surface area contributed by atoms with Crippen LogP contribution in [0.3, 0.4) is 0 Å². The van der Waals surface area contributed by atoms with Crippen molar-refractivity contribution in [1.29, 1.82) is 0 Å². The van der Waals surface area contributed by atoms with Gasteiger partial charge in [-0.2, -0.15) is 17.5 Å². The maximum atomic E-state index is 13.7. The Hall–Kier alpha value is -2.60. The highest BCUT2D eigenvalue weighted by atomic mass is 32.2. The van der Waals surface area contributed by atoms with Crippen LogP contribution in [0.2, 0.25) is 0 Å². The van der Waals surface area contributed by atoms with Gasteiger partial charge in [0.1, 0.15) is 24.5 Å². The summed E-state index contributed by atoms with van der Waals surface area (Å²) in [7, 11) is -4.63. The van der Waals surface area contributed by atoms with E-state index in [0.29, 0.717) is 0 Å². The number of alkyl halides is 3. The molecule has 7 nitrogen and oxygen atoms in total. The Labute approximate surface area is 151 Å². The molecule has 2 heterocycles. The average molecular weight is 403 g/mol. The monoisotopic (exact) mass is 403 g/mol. The molecule has 0 fully saturated rings. The molecule has 3 rings (SSSR count). The first-order chi connectivity index (χ1) is 12.6. The Morgan fingerprint density at radius 2 is 1.85 bits per heavy atom. The fraction of sp³-hybridized carbons (Fsp3) is 0.267. The summed E-state index contributed by atoms with van der Waals surface area (Å²) in [5, 5.41) is 6.64. The lowest BCUT2D eigenvalue weighted by Crippen LogP contribution is -2.42. The van der Waals surface area contributed by atoms with E-state index >= 15 is 0 Å². The van der Waals surface area contributed by atoms with Gasteiger partial charge in [-0.1, -0.05) is 19.1 Å². The topological polar surface area (TPSA) is 80.5 Å². The second-order valence-corrected chi connectivity index (χ2v) is 7.37. The second kappa shape index (κ2) is 6.85. The Kier molecular flexibility index (Phi) is 4.86.